The number of hydrogen-bond acceptors (Lipinski definition) is 2. The molecule has 118 valence electrons. The molecule has 2 aromatic rings. The van der Waals surface area contributed by atoms with Crippen LogP contribution in [0.1, 0.15) is 11.1 Å². The smallest absolute Gasteiger partial charge is 0.215 e. The molecule has 2 aromatic carbocycles. The first-order chi connectivity index (χ1) is 10.4. The normalized spacial score (nSPS) is 11.6. The molecule has 7 heteroatoms. The molecule has 0 heterocycles. The van der Waals surface area contributed by atoms with Gasteiger partial charge in [0.05, 0.1) is 5.75 Å². The van der Waals surface area contributed by atoms with Gasteiger partial charge in [0, 0.05) is 17.1 Å². The summed E-state index contributed by atoms with van der Waals surface area (Å²) in [6.07, 6.45) is 0.407. The Hall–Kier alpha value is -1.50. The van der Waals surface area contributed by atoms with E-state index in [1.54, 1.807) is 12.1 Å². The maximum atomic E-state index is 13.6. The number of nitrogens with one attached hydrogen (secondary N) is 1. The molecule has 0 radical (unpaired) electrons. The first kappa shape index (κ1) is 16.9. The Morgan fingerprint density at radius 2 is 1.73 bits per heavy atom. The van der Waals surface area contributed by atoms with Gasteiger partial charge < -0.3 is 0 Å². The Labute approximate surface area is 133 Å². The molecule has 0 amide bonds. The van der Waals surface area contributed by atoms with Gasteiger partial charge in [-0.05, 0) is 36.2 Å². The SMILES string of the molecule is O=S(=O)(Cc1c(F)cccc1Cl)NCCc1ccc(F)cc1. The van der Waals surface area contributed by atoms with E-state index in [4.69, 9.17) is 11.6 Å². The van der Waals surface area contributed by atoms with E-state index in [0.29, 0.717) is 6.42 Å². The van der Waals surface area contributed by atoms with Gasteiger partial charge in [0.15, 0.2) is 0 Å². The standard InChI is InChI=1S/C15H14ClF2NO2S/c16-14-2-1-3-15(18)13(14)10-22(20,21)19-9-8-11-4-6-12(17)7-5-11/h1-7,19H,8-10H2. The van der Waals surface area contributed by atoms with Crippen LogP contribution < -0.4 is 4.72 Å². The second-order valence-corrected chi connectivity index (χ2v) is 6.94. The summed E-state index contributed by atoms with van der Waals surface area (Å²) in [6.45, 7) is 0.139. The highest BCUT2D eigenvalue weighted by Crippen LogP contribution is 2.20. The molecule has 0 saturated carbocycles. The summed E-state index contributed by atoms with van der Waals surface area (Å²) >= 11 is 5.81. The van der Waals surface area contributed by atoms with Crippen LogP contribution in [0.2, 0.25) is 5.02 Å². The second kappa shape index (κ2) is 7.17. The monoisotopic (exact) mass is 345 g/mol. The lowest BCUT2D eigenvalue weighted by atomic mass is 10.1. The third kappa shape index (κ3) is 4.76. The van der Waals surface area contributed by atoms with E-state index in [2.05, 4.69) is 4.72 Å². The number of sulfonamides is 1. The fourth-order valence-corrected chi connectivity index (χ4v) is 3.41. The van der Waals surface area contributed by atoms with Crippen LogP contribution >= 0.6 is 11.6 Å². The van der Waals surface area contributed by atoms with Crippen LogP contribution in [-0.2, 0) is 22.2 Å². The molecule has 0 atom stereocenters. The Morgan fingerprint density at radius 1 is 1.05 bits per heavy atom. The molecule has 0 spiro atoms. The summed E-state index contributed by atoms with van der Waals surface area (Å²) in [6, 6.07) is 9.79. The zero-order valence-electron chi connectivity index (χ0n) is 11.5. The fourth-order valence-electron chi connectivity index (χ4n) is 1.91. The minimum Gasteiger partial charge on any atom is -0.215 e. The van der Waals surface area contributed by atoms with Gasteiger partial charge in [-0.25, -0.2) is 21.9 Å². The van der Waals surface area contributed by atoms with Crippen molar-refractivity contribution in [3.8, 4) is 0 Å². The number of halogens is 3. The highest BCUT2D eigenvalue weighted by Gasteiger charge is 2.16. The molecule has 0 aliphatic rings. The van der Waals surface area contributed by atoms with Crippen molar-refractivity contribution in [2.24, 2.45) is 0 Å². The number of benzene rings is 2. The summed E-state index contributed by atoms with van der Waals surface area (Å²) in [5.74, 6) is -1.53. The molecular weight excluding hydrogens is 332 g/mol. The van der Waals surface area contributed by atoms with E-state index >= 15 is 0 Å². The van der Waals surface area contributed by atoms with Crippen LogP contribution in [0.3, 0.4) is 0 Å². The predicted octanol–water partition coefficient (Wildman–Crippen LogP) is 3.28. The first-order valence-electron chi connectivity index (χ1n) is 6.52. The van der Waals surface area contributed by atoms with Gasteiger partial charge in [-0.15, -0.1) is 0 Å². The second-order valence-electron chi connectivity index (χ2n) is 4.73. The summed E-state index contributed by atoms with van der Waals surface area (Å²) in [7, 11) is -3.71. The van der Waals surface area contributed by atoms with Crippen LogP contribution in [0.4, 0.5) is 8.78 Å². The highest BCUT2D eigenvalue weighted by molar-refractivity contribution is 7.88. The van der Waals surface area contributed by atoms with Gasteiger partial charge in [-0.3, -0.25) is 0 Å². The van der Waals surface area contributed by atoms with Gasteiger partial charge in [0.2, 0.25) is 10.0 Å². The quantitative estimate of drug-likeness (QED) is 0.873. The van der Waals surface area contributed by atoms with Crippen LogP contribution in [0, 0.1) is 11.6 Å². The topological polar surface area (TPSA) is 46.2 Å². The van der Waals surface area contributed by atoms with E-state index in [1.165, 1.54) is 24.3 Å². The lowest BCUT2D eigenvalue weighted by molar-refractivity contribution is 0.574. The molecule has 22 heavy (non-hydrogen) atoms. The zero-order valence-corrected chi connectivity index (χ0v) is 13.1. The predicted molar refractivity (Wildman–Crippen MR) is 82.1 cm³/mol. The summed E-state index contributed by atoms with van der Waals surface area (Å²) in [4.78, 5) is 0. The summed E-state index contributed by atoms with van der Waals surface area (Å²) < 4.78 is 52.6. The molecule has 0 bridgehead atoms. The molecule has 0 saturated heterocycles. The van der Waals surface area contributed by atoms with Crippen LogP contribution in [0.15, 0.2) is 42.5 Å². The van der Waals surface area contributed by atoms with E-state index < -0.39 is 21.6 Å². The molecule has 0 aromatic heterocycles. The highest BCUT2D eigenvalue weighted by atomic mass is 35.5. The average molecular weight is 346 g/mol. The largest absolute Gasteiger partial charge is 0.215 e. The van der Waals surface area contributed by atoms with Crippen molar-refractivity contribution in [3.63, 3.8) is 0 Å². The molecule has 0 aliphatic carbocycles. The lowest BCUT2D eigenvalue weighted by Gasteiger charge is -2.09. The van der Waals surface area contributed by atoms with Gasteiger partial charge in [-0.1, -0.05) is 29.8 Å². The molecule has 3 nitrogen and oxygen atoms in total. The molecule has 0 aliphatic heterocycles. The third-order valence-corrected chi connectivity index (χ3v) is 4.71. The lowest BCUT2D eigenvalue weighted by Crippen LogP contribution is -2.27. The van der Waals surface area contributed by atoms with Crippen molar-refractivity contribution in [2.75, 3.05) is 6.54 Å². The maximum Gasteiger partial charge on any atom is 0.215 e. The van der Waals surface area contributed by atoms with Gasteiger partial charge >= 0.3 is 0 Å². The molecule has 2 rings (SSSR count). The minimum absolute atomic E-state index is 0.0570. The number of rotatable bonds is 6. The summed E-state index contributed by atoms with van der Waals surface area (Å²) in [5, 5.41) is 0.0731. The van der Waals surface area contributed by atoms with E-state index in [9.17, 15) is 17.2 Å². The van der Waals surface area contributed by atoms with Crippen molar-refractivity contribution < 1.29 is 17.2 Å². The van der Waals surface area contributed by atoms with Gasteiger partial charge in [0.25, 0.3) is 0 Å². The molecule has 0 fully saturated rings. The first-order valence-corrected chi connectivity index (χ1v) is 8.55. The number of hydrogen-bond donors (Lipinski definition) is 1. The molecule has 1 N–H and O–H groups in total. The van der Waals surface area contributed by atoms with Crippen LogP contribution in [0.5, 0.6) is 0 Å². The Kier molecular flexibility index (Phi) is 5.50. The molecule has 0 unspecified atom stereocenters. The Morgan fingerprint density at radius 3 is 2.36 bits per heavy atom. The Bertz CT molecular complexity index is 728. The molecular formula is C15H14ClF2NO2S. The van der Waals surface area contributed by atoms with Gasteiger partial charge in [0.1, 0.15) is 11.6 Å². The van der Waals surface area contributed by atoms with Crippen molar-refractivity contribution in [1.29, 1.82) is 0 Å². The van der Waals surface area contributed by atoms with E-state index in [-0.39, 0.29) is 22.9 Å². The van der Waals surface area contributed by atoms with Crippen LogP contribution in [-0.4, -0.2) is 15.0 Å². The van der Waals surface area contributed by atoms with E-state index in [1.807, 2.05) is 0 Å². The van der Waals surface area contributed by atoms with Crippen LogP contribution in [0.25, 0.3) is 0 Å². The Balaban J connectivity index is 1.95. The zero-order chi connectivity index (χ0) is 16.2. The maximum absolute atomic E-state index is 13.6. The minimum atomic E-state index is -3.71. The summed E-state index contributed by atoms with van der Waals surface area (Å²) in [5.41, 5.74) is 0.742. The average Bonchev–Trinajstić information content (AvgIpc) is 2.45. The van der Waals surface area contributed by atoms with Gasteiger partial charge in [-0.2, -0.15) is 0 Å². The fraction of sp³-hybridized carbons (Fsp3) is 0.200. The van der Waals surface area contributed by atoms with E-state index in [0.717, 1.165) is 11.6 Å². The third-order valence-electron chi connectivity index (χ3n) is 3.04. The van der Waals surface area contributed by atoms with Crippen molar-refractivity contribution in [1.82, 2.24) is 4.72 Å². The van der Waals surface area contributed by atoms with Crippen molar-refractivity contribution in [3.05, 3.63) is 70.2 Å². The van der Waals surface area contributed by atoms with Crippen molar-refractivity contribution >= 4 is 21.6 Å². The van der Waals surface area contributed by atoms with Crippen molar-refractivity contribution in [2.45, 2.75) is 12.2 Å².